The molecule has 0 radical (unpaired) electrons. The minimum atomic E-state index is 0.811. The van der Waals surface area contributed by atoms with Gasteiger partial charge in [-0.1, -0.05) is 48.2 Å². The van der Waals surface area contributed by atoms with Crippen LogP contribution in [0.25, 0.3) is 27.8 Å². The Kier molecular flexibility index (Phi) is 6.40. The number of pyridine rings is 1. The van der Waals surface area contributed by atoms with E-state index in [1.54, 1.807) is 31.3 Å². The molecule has 6 rings (SSSR count). The Bertz CT molecular complexity index is 1440. The Morgan fingerprint density at radius 1 is 0.861 bits per heavy atom. The second kappa shape index (κ2) is 10.1. The lowest BCUT2D eigenvalue weighted by atomic mass is 9.95. The van der Waals surface area contributed by atoms with Crippen molar-refractivity contribution < 1.29 is 4.74 Å². The van der Waals surface area contributed by atoms with E-state index < -0.39 is 0 Å². The van der Waals surface area contributed by atoms with Gasteiger partial charge in [-0.25, -0.2) is 0 Å². The van der Waals surface area contributed by atoms with Crippen molar-refractivity contribution in [2.75, 3.05) is 19.4 Å². The molecule has 2 aromatic heterocycles. The molecule has 6 nitrogen and oxygen atoms in total. The number of ether oxygens (including phenoxy) is 1. The third-order valence-corrected chi connectivity index (χ3v) is 7.63. The molecule has 0 atom stereocenters. The van der Waals surface area contributed by atoms with Gasteiger partial charge in [0.2, 0.25) is 0 Å². The van der Waals surface area contributed by atoms with Crippen LogP contribution in [-0.2, 0) is 13.1 Å². The molecule has 0 spiro atoms. The Labute approximate surface area is 215 Å². The maximum Gasteiger partial charge on any atom is 0.196 e. The summed E-state index contributed by atoms with van der Waals surface area (Å²) in [4.78, 5) is 6.70. The molecule has 3 heterocycles. The molecule has 0 amide bonds. The van der Waals surface area contributed by atoms with E-state index in [2.05, 4.69) is 61.0 Å². The molecule has 1 aliphatic heterocycles. The van der Waals surface area contributed by atoms with Crippen molar-refractivity contribution in [1.82, 2.24) is 24.6 Å². The van der Waals surface area contributed by atoms with Gasteiger partial charge in [0.15, 0.2) is 11.0 Å². The van der Waals surface area contributed by atoms with Crippen molar-refractivity contribution in [2.24, 2.45) is 0 Å². The Morgan fingerprint density at radius 2 is 1.58 bits per heavy atom. The lowest BCUT2D eigenvalue weighted by molar-refractivity contribution is 0.254. The molecule has 0 fully saturated rings. The molecule has 36 heavy (non-hydrogen) atoms. The number of aromatic nitrogens is 4. The number of nitrogens with zero attached hydrogens (tertiary/aromatic N) is 5. The van der Waals surface area contributed by atoms with E-state index in [9.17, 15) is 0 Å². The summed E-state index contributed by atoms with van der Waals surface area (Å²) in [5.74, 6) is 2.60. The maximum absolute atomic E-state index is 5.35. The first-order chi connectivity index (χ1) is 17.8. The predicted molar refractivity (Wildman–Crippen MR) is 145 cm³/mol. The molecule has 0 unspecified atom stereocenters. The van der Waals surface area contributed by atoms with Crippen LogP contribution in [0.3, 0.4) is 0 Å². The summed E-state index contributed by atoms with van der Waals surface area (Å²) in [7, 11) is 1.68. The van der Waals surface area contributed by atoms with Gasteiger partial charge in [-0.2, -0.15) is 0 Å². The van der Waals surface area contributed by atoms with Crippen molar-refractivity contribution in [3.05, 3.63) is 96.3 Å². The molecular formula is C29H27N5OS. The third-order valence-electron chi connectivity index (χ3n) is 6.62. The maximum atomic E-state index is 5.35. The largest absolute Gasteiger partial charge is 0.497 e. The SMILES string of the molecule is COc1ccc(-n2c(SCCCN3Cc4cccc5cccc(c45)C3)nnc2-c2ccncc2)cc1. The quantitative estimate of drug-likeness (QED) is 0.196. The van der Waals surface area contributed by atoms with E-state index in [0.717, 1.165) is 59.8 Å². The van der Waals surface area contributed by atoms with Crippen LogP contribution in [0.15, 0.2) is 90.3 Å². The van der Waals surface area contributed by atoms with Gasteiger partial charge in [-0.15, -0.1) is 10.2 Å². The van der Waals surface area contributed by atoms with Crippen molar-refractivity contribution >= 4 is 22.5 Å². The molecule has 180 valence electrons. The summed E-state index contributed by atoms with van der Waals surface area (Å²) in [6.07, 6.45) is 4.64. The molecule has 0 saturated heterocycles. The molecule has 0 saturated carbocycles. The highest BCUT2D eigenvalue weighted by molar-refractivity contribution is 7.99. The zero-order valence-electron chi connectivity index (χ0n) is 20.2. The van der Waals surface area contributed by atoms with Gasteiger partial charge in [0, 0.05) is 42.5 Å². The van der Waals surface area contributed by atoms with Crippen molar-refractivity contribution in [3.8, 4) is 22.8 Å². The number of thioether (sulfide) groups is 1. The second-order valence-electron chi connectivity index (χ2n) is 8.92. The molecular weight excluding hydrogens is 466 g/mol. The molecule has 1 aliphatic rings. The normalized spacial score (nSPS) is 13.2. The smallest absolute Gasteiger partial charge is 0.196 e. The summed E-state index contributed by atoms with van der Waals surface area (Å²) in [6.45, 7) is 3.06. The molecule has 3 aromatic carbocycles. The van der Waals surface area contributed by atoms with E-state index in [-0.39, 0.29) is 0 Å². The standard InChI is InChI=1S/C29H27N5OS/c1-35-26-11-9-25(10-12-26)34-28(22-13-15-30-16-14-22)31-32-29(34)36-18-4-17-33-19-23-7-2-5-21-6-3-8-24(20-33)27(21)23/h2-3,5-16H,4,17-20H2,1H3. The Hall–Kier alpha value is -3.68. The van der Waals surface area contributed by atoms with Crippen LogP contribution in [0.2, 0.25) is 0 Å². The molecule has 7 heteroatoms. The van der Waals surface area contributed by atoms with Crippen molar-refractivity contribution in [3.63, 3.8) is 0 Å². The molecule has 5 aromatic rings. The number of methoxy groups -OCH3 is 1. The minimum absolute atomic E-state index is 0.811. The number of rotatable bonds is 8. The van der Waals surface area contributed by atoms with Crippen LogP contribution in [0.1, 0.15) is 17.5 Å². The summed E-state index contributed by atoms with van der Waals surface area (Å²) in [5.41, 5.74) is 4.86. The van der Waals surface area contributed by atoms with E-state index in [4.69, 9.17) is 4.74 Å². The number of benzene rings is 3. The van der Waals surface area contributed by atoms with Gasteiger partial charge >= 0.3 is 0 Å². The van der Waals surface area contributed by atoms with E-state index >= 15 is 0 Å². The zero-order valence-corrected chi connectivity index (χ0v) is 21.0. The highest BCUT2D eigenvalue weighted by atomic mass is 32.2. The average Bonchev–Trinajstić information content (AvgIpc) is 3.36. The predicted octanol–water partition coefficient (Wildman–Crippen LogP) is 5.99. The molecule has 0 bridgehead atoms. The van der Waals surface area contributed by atoms with Crippen LogP contribution < -0.4 is 4.74 Å². The first-order valence-electron chi connectivity index (χ1n) is 12.1. The fourth-order valence-corrected chi connectivity index (χ4v) is 5.80. The summed E-state index contributed by atoms with van der Waals surface area (Å²) in [6, 6.07) is 25.3. The van der Waals surface area contributed by atoms with Crippen LogP contribution in [-0.4, -0.2) is 44.1 Å². The van der Waals surface area contributed by atoms with Crippen LogP contribution in [0.4, 0.5) is 0 Å². The Morgan fingerprint density at radius 3 is 2.28 bits per heavy atom. The fourth-order valence-electron chi connectivity index (χ4n) is 4.93. The van der Waals surface area contributed by atoms with Gasteiger partial charge in [0.1, 0.15) is 5.75 Å². The molecule has 0 N–H and O–H groups in total. The highest BCUT2D eigenvalue weighted by Crippen LogP contribution is 2.31. The topological polar surface area (TPSA) is 56.1 Å². The van der Waals surface area contributed by atoms with Gasteiger partial charge in [-0.3, -0.25) is 14.5 Å². The summed E-state index contributed by atoms with van der Waals surface area (Å²) >= 11 is 1.75. The lowest BCUT2D eigenvalue weighted by Gasteiger charge is -2.29. The first-order valence-corrected chi connectivity index (χ1v) is 13.1. The lowest BCUT2D eigenvalue weighted by Crippen LogP contribution is -2.27. The summed E-state index contributed by atoms with van der Waals surface area (Å²) in [5, 5.41) is 12.8. The third kappa shape index (κ3) is 4.47. The number of hydrogen-bond acceptors (Lipinski definition) is 6. The monoisotopic (exact) mass is 493 g/mol. The van der Waals surface area contributed by atoms with Crippen LogP contribution >= 0.6 is 11.8 Å². The van der Waals surface area contributed by atoms with Crippen molar-refractivity contribution in [2.45, 2.75) is 24.7 Å². The highest BCUT2D eigenvalue weighted by Gasteiger charge is 2.19. The van der Waals surface area contributed by atoms with Crippen LogP contribution in [0, 0.1) is 0 Å². The second-order valence-corrected chi connectivity index (χ2v) is 9.98. The van der Waals surface area contributed by atoms with Gasteiger partial charge in [0.05, 0.1) is 7.11 Å². The summed E-state index contributed by atoms with van der Waals surface area (Å²) < 4.78 is 7.47. The first kappa shape index (κ1) is 22.8. The minimum Gasteiger partial charge on any atom is -0.497 e. The van der Waals surface area contributed by atoms with Gasteiger partial charge < -0.3 is 4.74 Å². The van der Waals surface area contributed by atoms with Gasteiger partial charge in [0.25, 0.3) is 0 Å². The number of hydrogen-bond donors (Lipinski definition) is 0. The average molecular weight is 494 g/mol. The van der Waals surface area contributed by atoms with Crippen molar-refractivity contribution in [1.29, 1.82) is 0 Å². The van der Waals surface area contributed by atoms with E-state index in [1.165, 1.54) is 21.9 Å². The van der Waals surface area contributed by atoms with E-state index in [1.807, 2.05) is 36.4 Å². The van der Waals surface area contributed by atoms with Gasteiger partial charge in [-0.05, 0) is 71.3 Å². The zero-order chi connectivity index (χ0) is 24.3. The molecule has 0 aliphatic carbocycles. The Balaban J connectivity index is 1.17. The fraction of sp³-hybridized carbons (Fsp3) is 0.207. The van der Waals surface area contributed by atoms with E-state index in [0.29, 0.717) is 0 Å². The van der Waals surface area contributed by atoms with Crippen LogP contribution in [0.5, 0.6) is 5.75 Å².